The Balaban J connectivity index is 0.00000115. The first kappa shape index (κ1) is 58.1. The van der Waals surface area contributed by atoms with Crippen LogP contribution in [0.1, 0.15) is 5.56 Å². The molecule has 0 bridgehead atoms. The molecule has 0 spiro atoms. The molecule has 0 heterocycles. The number of fused-ring (bicyclic) bond motifs is 3. The Morgan fingerprint density at radius 1 is 0.462 bits per heavy atom. The molecule has 0 aliphatic carbocycles. The molecule has 0 aromatic heterocycles. The van der Waals surface area contributed by atoms with E-state index in [1.165, 1.54) is 86.0 Å². The van der Waals surface area contributed by atoms with Crippen molar-refractivity contribution < 1.29 is 89.3 Å². The van der Waals surface area contributed by atoms with Crippen LogP contribution in [0.2, 0.25) is 0 Å². The van der Waals surface area contributed by atoms with Crippen LogP contribution in [-0.4, -0.2) is 91.7 Å². The lowest BCUT2D eigenvalue weighted by molar-refractivity contribution is 0.281. The fraction of sp³-hybridized carbons (Fsp3) is 0.0455. The van der Waals surface area contributed by atoms with Crippen LogP contribution in [0, 0.1) is 0 Å². The molecule has 0 aliphatic rings. The largest absolute Gasteiger partial charge is 0.505 e. The van der Waals surface area contributed by atoms with Crippen molar-refractivity contribution in [1.82, 2.24) is 0 Å². The zero-order chi connectivity index (χ0) is 57.4. The number of aromatic hydroxyl groups is 3. The first-order valence-electron chi connectivity index (χ1n) is 20.8. The maximum atomic E-state index is 12.6. The van der Waals surface area contributed by atoms with E-state index in [1.54, 1.807) is 18.2 Å². The number of azo groups is 4. The predicted octanol–water partition coefficient (Wildman–Crippen LogP) is 8.74. The lowest BCUT2D eigenvalue weighted by atomic mass is 10.1. The Bertz CT molecular complexity index is 4410. The van der Waals surface area contributed by atoms with Crippen LogP contribution in [0.4, 0.5) is 51.2 Å². The highest BCUT2D eigenvalue weighted by Gasteiger charge is 2.25. The summed E-state index contributed by atoms with van der Waals surface area (Å²) in [5, 5.41) is 75.8. The maximum absolute atomic E-state index is 12.6. The Kier molecular flexibility index (Phi) is 17.8. The van der Waals surface area contributed by atoms with Gasteiger partial charge in [0, 0.05) is 10.8 Å². The number of hydrogen-bond donors (Lipinski definition) is 8. The van der Waals surface area contributed by atoms with Crippen molar-refractivity contribution in [2.75, 3.05) is 12.8 Å². The number of nitrogens with zero attached hydrogens (tertiary/aromatic N) is 8. The molecule has 8 rings (SSSR count). The summed E-state index contributed by atoms with van der Waals surface area (Å²) in [5.74, 6) is -1.14. The molecule has 0 unspecified atom stereocenters. The van der Waals surface area contributed by atoms with Gasteiger partial charge < -0.3 is 30.9 Å². The van der Waals surface area contributed by atoms with Crippen molar-refractivity contribution in [2.24, 2.45) is 40.9 Å². The number of ether oxygens (including phenoxy) is 1. The topological polar surface area (TPSA) is 481 Å². The van der Waals surface area contributed by atoms with Crippen LogP contribution >= 0.6 is 0 Å². The zero-order valence-electron chi connectivity index (χ0n) is 38.8. The van der Waals surface area contributed by atoms with E-state index in [4.69, 9.17) is 35.7 Å². The Hall–Kier alpha value is -9.13. The third-order valence-corrected chi connectivity index (χ3v) is 13.0. The second-order valence-corrected chi connectivity index (χ2v) is 20.3. The highest BCUT2D eigenvalue weighted by molar-refractivity contribution is 7.86. The van der Waals surface area contributed by atoms with Gasteiger partial charge in [0.25, 0.3) is 30.4 Å². The number of methoxy groups -OCH3 is 1. The number of nitrogens with two attached hydrogens (primary N) is 1. The second-order valence-electron chi connectivity index (χ2n) is 15.3. The minimum Gasteiger partial charge on any atom is -0.505 e. The molecule has 0 saturated carbocycles. The van der Waals surface area contributed by atoms with Crippen LogP contribution < -0.4 is 10.5 Å². The van der Waals surface area contributed by atoms with Gasteiger partial charge in [-0.25, -0.2) is 0 Å². The van der Waals surface area contributed by atoms with E-state index in [0.29, 0.717) is 11.1 Å². The normalized spacial score (nSPS) is 12.1. The van der Waals surface area contributed by atoms with Crippen LogP contribution in [0.3, 0.4) is 0 Å². The Morgan fingerprint density at radius 2 is 0.910 bits per heavy atom. The van der Waals surface area contributed by atoms with E-state index in [9.17, 15) is 59.3 Å². The highest BCUT2D eigenvalue weighted by Crippen LogP contribution is 2.47. The van der Waals surface area contributed by atoms with Gasteiger partial charge in [-0.1, -0.05) is 24.3 Å². The van der Waals surface area contributed by atoms with Crippen molar-refractivity contribution in [2.45, 2.75) is 21.3 Å². The maximum Gasteiger partial charge on any atom is 0.425 e. The summed E-state index contributed by atoms with van der Waals surface area (Å²) < 4.78 is 159. The number of phenols is 3. The van der Waals surface area contributed by atoms with Gasteiger partial charge in [-0.3, -0.25) is 13.7 Å². The van der Waals surface area contributed by atoms with Gasteiger partial charge in [-0.15, -0.1) is 50.8 Å². The number of anilines is 1. The quantitative estimate of drug-likeness (QED) is 0.0304. The van der Waals surface area contributed by atoms with Gasteiger partial charge >= 0.3 is 21.2 Å². The van der Waals surface area contributed by atoms with E-state index in [2.05, 4.69) is 40.9 Å². The molecule has 0 aliphatic heterocycles. The second kappa shape index (κ2) is 23.8. The lowest BCUT2D eigenvalue weighted by Crippen LogP contribution is -2.01. The van der Waals surface area contributed by atoms with Crippen LogP contribution in [0.25, 0.3) is 32.3 Å². The van der Waals surface area contributed by atoms with Gasteiger partial charge in [0.15, 0.2) is 17.2 Å². The monoisotopic (exact) mass is 1170 g/mol. The molecule has 404 valence electrons. The predicted molar refractivity (Wildman–Crippen MR) is 272 cm³/mol. The molecule has 8 aromatic carbocycles. The number of nitrogen functional groups attached to an aromatic ring is 1. The first-order valence-corrected chi connectivity index (χ1v) is 27.1. The molecular formula is C44H33N9O20S5. The zero-order valence-corrected chi connectivity index (χ0v) is 42.9. The molecule has 0 amide bonds. The molecule has 29 nitrogen and oxygen atoms in total. The van der Waals surface area contributed by atoms with E-state index in [0.717, 1.165) is 18.2 Å². The SMILES string of the molecule is COc1ccc(N=Nc2c(S(=O)(=O)O)cc3ccc(N=Nc4c(S(=O)(=O)O)cc5ccc(N=Nc6ccc7c(O)c(N=Nc8ccc(CO)cc8S(=O)(=O)O)ccc7c6)c(O)c5c4N)cc3c2O)cc1.O=S(=O)=O.O=S(=O)=O. The number of aliphatic hydroxyl groups is 1. The molecule has 78 heavy (non-hydrogen) atoms. The first-order chi connectivity index (χ1) is 36.6. The summed E-state index contributed by atoms with van der Waals surface area (Å²) in [4.78, 5) is -2.15. The van der Waals surface area contributed by atoms with Gasteiger partial charge in [0.1, 0.15) is 48.9 Å². The van der Waals surface area contributed by atoms with Gasteiger partial charge in [0.2, 0.25) is 0 Å². The Labute approximate surface area is 441 Å². The number of benzene rings is 8. The van der Waals surface area contributed by atoms with Gasteiger partial charge in [0.05, 0.1) is 41.9 Å². The number of phenolic OH excluding ortho intramolecular Hbond substituents is 3. The van der Waals surface area contributed by atoms with Crippen LogP contribution in [0.15, 0.2) is 171 Å². The van der Waals surface area contributed by atoms with Gasteiger partial charge in [-0.05, 0) is 113 Å². The van der Waals surface area contributed by atoms with Crippen LogP contribution in [0.5, 0.6) is 23.0 Å². The molecule has 34 heteroatoms. The minimum absolute atomic E-state index is 0.0349. The number of hydrogen-bond acceptors (Lipinski definition) is 26. The summed E-state index contributed by atoms with van der Waals surface area (Å²) in [6.07, 6.45) is 0. The van der Waals surface area contributed by atoms with Crippen molar-refractivity contribution in [3.63, 3.8) is 0 Å². The van der Waals surface area contributed by atoms with E-state index in [-0.39, 0.29) is 72.4 Å². The summed E-state index contributed by atoms with van der Waals surface area (Å²) in [7, 11) is -19.5. The molecule has 0 atom stereocenters. The molecular weight excluding hydrogens is 1130 g/mol. The summed E-state index contributed by atoms with van der Waals surface area (Å²) in [6, 6.07) is 25.7. The third kappa shape index (κ3) is 14.0. The van der Waals surface area contributed by atoms with Crippen molar-refractivity contribution >= 4 is 135 Å². The van der Waals surface area contributed by atoms with E-state index < -0.39 is 101 Å². The number of rotatable bonds is 13. The molecule has 0 fully saturated rings. The fourth-order valence-corrected chi connectivity index (χ4v) is 8.99. The Morgan fingerprint density at radius 3 is 1.51 bits per heavy atom. The minimum atomic E-state index is -5.04. The standard InChI is InChI=1S/C44H33N9O14S3.2O3S/c1-67-29-10-7-26(8-11-29)46-53-41-37(70(64,65)66)18-24-3-6-28(20-31(24)43(41)56)48-52-40-36(69(61,62)63)19-25-5-15-34(44(57)38(25)39(40)45)50-47-27-9-12-30-23(17-27)4-14-33(42(30)55)51-49-32-13-2-22(21-54)16-35(32)68(58,59)60;2*1-4(2)3/h2-20,54-57H,21,45H2,1H3,(H,58,59,60)(H,61,62,63)(H,64,65,66);;. The van der Waals surface area contributed by atoms with Gasteiger partial charge in [-0.2, -0.15) is 40.6 Å². The summed E-state index contributed by atoms with van der Waals surface area (Å²) in [6.45, 7) is -0.494. The van der Waals surface area contributed by atoms with E-state index in [1.807, 2.05) is 0 Å². The fourth-order valence-electron chi connectivity index (χ4n) is 6.99. The average molecular weight is 1170 g/mol. The smallest absolute Gasteiger partial charge is 0.425 e. The molecule has 0 radical (unpaired) electrons. The highest BCUT2D eigenvalue weighted by atomic mass is 32.2. The molecule has 9 N–H and O–H groups in total. The van der Waals surface area contributed by atoms with Crippen molar-refractivity contribution in [3.05, 3.63) is 121 Å². The molecule has 8 aromatic rings. The average Bonchev–Trinajstić information content (AvgIpc) is 3.50. The number of aliphatic hydroxyl groups excluding tert-OH is 1. The van der Waals surface area contributed by atoms with E-state index >= 15 is 0 Å². The summed E-state index contributed by atoms with van der Waals surface area (Å²) in [5.41, 5.74) is 4.91. The van der Waals surface area contributed by atoms with Crippen molar-refractivity contribution in [3.8, 4) is 23.0 Å². The third-order valence-electron chi connectivity index (χ3n) is 10.4. The van der Waals surface area contributed by atoms with Crippen molar-refractivity contribution in [1.29, 1.82) is 0 Å². The van der Waals surface area contributed by atoms with Crippen LogP contribution in [-0.2, 0) is 58.2 Å². The summed E-state index contributed by atoms with van der Waals surface area (Å²) >= 11 is 0. The molecule has 0 saturated heterocycles. The lowest BCUT2D eigenvalue weighted by Gasteiger charge is -2.12.